The van der Waals surface area contributed by atoms with Crippen molar-refractivity contribution in [3.05, 3.63) is 24.3 Å². The van der Waals surface area contributed by atoms with Crippen LogP contribution in [0, 0.1) is 0 Å². The van der Waals surface area contributed by atoms with E-state index in [4.69, 9.17) is 37.4 Å². The Bertz CT molecular complexity index is 469. The first-order chi connectivity index (χ1) is 19.3. The second-order valence-electron chi connectivity index (χ2n) is 10.6. The van der Waals surface area contributed by atoms with Crippen LogP contribution in [0.2, 0.25) is 0 Å². The summed E-state index contributed by atoms with van der Waals surface area (Å²) in [6, 6.07) is 0. The number of hydrogen-bond donors (Lipinski definition) is 0. The number of rotatable bonds is 32. The Kier molecular flexibility index (Phi) is 34.1. The highest BCUT2D eigenvalue weighted by Crippen LogP contribution is 2.15. The molecular weight excluding hydrogens is 527 g/mol. The van der Waals surface area contributed by atoms with Gasteiger partial charge >= 0.3 is 0 Å². The van der Waals surface area contributed by atoms with Gasteiger partial charge in [0.05, 0.1) is 0 Å². The van der Waals surface area contributed by atoms with Gasteiger partial charge in [-0.15, -0.1) is 23.2 Å². The lowest BCUT2D eigenvalue weighted by molar-refractivity contribution is -0.246. The quantitative estimate of drug-likeness (QED) is 0.0337. The van der Waals surface area contributed by atoms with Crippen LogP contribution in [0.25, 0.3) is 0 Å². The number of ether oxygens (including phenoxy) is 3. The second-order valence-corrected chi connectivity index (χ2v) is 11.4. The first kappa shape index (κ1) is 38.9. The molecule has 0 N–H and O–H groups in total. The van der Waals surface area contributed by atoms with Crippen LogP contribution in [0.3, 0.4) is 0 Å². The molecule has 0 fully saturated rings. The van der Waals surface area contributed by atoms with Gasteiger partial charge in [0, 0.05) is 37.8 Å². The molecule has 0 rings (SSSR count). The highest BCUT2D eigenvalue weighted by molar-refractivity contribution is 6.18. The molecule has 0 aliphatic heterocycles. The Labute approximate surface area is 253 Å². The summed E-state index contributed by atoms with van der Waals surface area (Å²) in [7, 11) is 0. The Balaban J connectivity index is 3.92. The molecule has 0 aliphatic carbocycles. The Morgan fingerprint density at radius 3 is 1.08 bits per heavy atom. The van der Waals surface area contributed by atoms with E-state index in [9.17, 15) is 0 Å². The van der Waals surface area contributed by atoms with Crippen molar-refractivity contribution in [3.8, 4) is 0 Å². The summed E-state index contributed by atoms with van der Waals surface area (Å²) >= 11 is 11.5. The maximum atomic E-state index is 6.22. The molecule has 0 bridgehead atoms. The summed E-state index contributed by atoms with van der Waals surface area (Å²) in [6.07, 6.45) is 36.0. The standard InChI is InChI=1S/C34H64Cl2O3/c1-3-37-33(29-25-21-17-13-9-5-7-11-15-19-23-27-31-35)39-34(38-4-2)30-26-22-18-14-10-6-8-12-16-20-24-28-32-36/h17-18,21-22,33-34H,3-16,19-20,23-32H2,1-2H3. The largest absolute Gasteiger partial charge is 0.353 e. The maximum absolute atomic E-state index is 6.22. The van der Waals surface area contributed by atoms with Crippen molar-refractivity contribution in [2.75, 3.05) is 25.0 Å². The van der Waals surface area contributed by atoms with Crippen LogP contribution in [0.15, 0.2) is 24.3 Å². The molecule has 0 heterocycles. The average Bonchev–Trinajstić information content (AvgIpc) is 2.94. The molecule has 3 nitrogen and oxygen atoms in total. The third kappa shape index (κ3) is 30.7. The predicted molar refractivity (Wildman–Crippen MR) is 173 cm³/mol. The first-order valence-electron chi connectivity index (χ1n) is 16.6. The lowest BCUT2D eigenvalue weighted by Crippen LogP contribution is -2.27. The zero-order valence-corrected chi connectivity index (χ0v) is 27.3. The molecule has 0 aliphatic rings. The maximum Gasteiger partial charge on any atom is 0.161 e. The molecule has 232 valence electrons. The smallest absolute Gasteiger partial charge is 0.161 e. The van der Waals surface area contributed by atoms with Crippen LogP contribution >= 0.6 is 23.2 Å². The van der Waals surface area contributed by atoms with Gasteiger partial charge in [0.1, 0.15) is 0 Å². The zero-order chi connectivity index (χ0) is 28.5. The summed E-state index contributed by atoms with van der Waals surface area (Å²) in [5.41, 5.74) is 0. The van der Waals surface area contributed by atoms with Crippen LogP contribution in [0.4, 0.5) is 0 Å². The summed E-state index contributed by atoms with van der Waals surface area (Å²) in [5, 5.41) is 0. The van der Waals surface area contributed by atoms with Gasteiger partial charge in [-0.25, -0.2) is 0 Å². The van der Waals surface area contributed by atoms with Crippen LogP contribution in [-0.4, -0.2) is 37.6 Å². The molecular formula is C34H64Cl2O3. The molecule has 0 spiro atoms. The van der Waals surface area contributed by atoms with E-state index < -0.39 is 0 Å². The lowest BCUT2D eigenvalue weighted by Gasteiger charge is -2.24. The SMILES string of the molecule is CCOC(CCC=CCCCCCCCCCCCl)OC(CCC=CCCCCCCCCCCCl)OCC. The van der Waals surface area contributed by atoms with Crippen molar-refractivity contribution in [2.24, 2.45) is 0 Å². The minimum atomic E-state index is -0.200. The van der Waals surface area contributed by atoms with E-state index >= 15 is 0 Å². The van der Waals surface area contributed by atoms with Gasteiger partial charge in [-0.1, -0.05) is 101 Å². The van der Waals surface area contributed by atoms with Crippen molar-refractivity contribution in [2.45, 2.75) is 168 Å². The summed E-state index contributed by atoms with van der Waals surface area (Å²) < 4.78 is 18.0. The van der Waals surface area contributed by atoms with Crippen molar-refractivity contribution >= 4 is 23.2 Å². The molecule has 5 heteroatoms. The molecule has 0 aromatic carbocycles. The topological polar surface area (TPSA) is 27.7 Å². The fraction of sp³-hybridized carbons (Fsp3) is 0.882. The molecule has 2 atom stereocenters. The van der Waals surface area contributed by atoms with E-state index in [0.29, 0.717) is 13.2 Å². The normalized spacial score (nSPS) is 13.6. The number of alkyl halides is 2. The van der Waals surface area contributed by atoms with E-state index in [1.54, 1.807) is 0 Å². The van der Waals surface area contributed by atoms with Gasteiger partial charge in [0.2, 0.25) is 0 Å². The Hall–Kier alpha value is -0.0600. The minimum absolute atomic E-state index is 0.200. The number of unbranched alkanes of at least 4 members (excludes halogenated alkanes) is 16. The van der Waals surface area contributed by atoms with Crippen LogP contribution in [0.5, 0.6) is 0 Å². The Morgan fingerprint density at radius 2 is 0.744 bits per heavy atom. The monoisotopic (exact) mass is 590 g/mol. The summed E-state index contributed by atoms with van der Waals surface area (Å²) in [6.45, 7) is 5.38. The van der Waals surface area contributed by atoms with Crippen molar-refractivity contribution < 1.29 is 14.2 Å². The van der Waals surface area contributed by atoms with E-state index in [1.165, 1.54) is 116 Å². The fourth-order valence-corrected chi connectivity index (χ4v) is 5.07. The first-order valence-corrected chi connectivity index (χ1v) is 17.7. The van der Waals surface area contributed by atoms with Crippen LogP contribution < -0.4 is 0 Å². The van der Waals surface area contributed by atoms with Gasteiger partial charge in [-0.3, -0.25) is 0 Å². The molecule has 0 saturated carbocycles. The van der Waals surface area contributed by atoms with Crippen molar-refractivity contribution in [3.63, 3.8) is 0 Å². The van der Waals surface area contributed by atoms with Crippen LogP contribution in [0.1, 0.15) is 155 Å². The zero-order valence-electron chi connectivity index (χ0n) is 25.8. The van der Waals surface area contributed by atoms with Gasteiger partial charge in [-0.05, 0) is 65.2 Å². The van der Waals surface area contributed by atoms with Gasteiger partial charge in [-0.2, -0.15) is 0 Å². The second kappa shape index (κ2) is 34.1. The van der Waals surface area contributed by atoms with Crippen LogP contribution in [-0.2, 0) is 14.2 Å². The Morgan fingerprint density at radius 1 is 0.436 bits per heavy atom. The lowest BCUT2D eigenvalue weighted by atomic mass is 10.1. The molecule has 0 saturated heterocycles. The molecule has 0 aromatic rings. The fourth-order valence-electron chi connectivity index (χ4n) is 4.69. The number of halogens is 2. The number of hydrogen-bond acceptors (Lipinski definition) is 3. The van der Waals surface area contributed by atoms with Crippen molar-refractivity contribution in [1.82, 2.24) is 0 Å². The minimum Gasteiger partial charge on any atom is -0.353 e. The predicted octanol–water partition coefficient (Wildman–Crippen LogP) is 11.9. The molecule has 2 unspecified atom stereocenters. The highest BCUT2D eigenvalue weighted by Gasteiger charge is 2.16. The van der Waals surface area contributed by atoms with E-state index in [0.717, 1.165) is 37.4 Å². The average molecular weight is 592 g/mol. The molecule has 0 radical (unpaired) electrons. The molecule has 0 aromatic heterocycles. The number of allylic oxidation sites excluding steroid dienone is 4. The molecule has 0 amide bonds. The van der Waals surface area contributed by atoms with E-state index in [1.807, 2.05) is 13.8 Å². The third-order valence-corrected chi connectivity index (χ3v) is 7.52. The van der Waals surface area contributed by atoms with Gasteiger partial charge in [0.25, 0.3) is 0 Å². The summed E-state index contributed by atoms with van der Waals surface area (Å²) in [4.78, 5) is 0. The van der Waals surface area contributed by atoms with E-state index in [-0.39, 0.29) is 12.6 Å². The van der Waals surface area contributed by atoms with E-state index in [2.05, 4.69) is 24.3 Å². The third-order valence-electron chi connectivity index (χ3n) is 6.99. The van der Waals surface area contributed by atoms with Gasteiger partial charge < -0.3 is 14.2 Å². The van der Waals surface area contributed by atoms with Gasteiger partial charge in [0.15, 0.2) is 12.6 Å². The highest BCUT2D eigenvalue weighted by atomic mass is 35.5. The summed E-state index contributed by atoms with van der Waals surface area (Å²) in [5.74, 6) is 1.62. The molecule has 39 heavy (non-hydrogen) atoms. The van der Waals surface area contributed by atoms with Crippen molar-refractivity contribution in [1.29, 1.82) is 0 Å².